The molecule has 3 N–H and O–H groups in total. The van der Waals surface area contributed by atoms with E-state index in [2.05, 4.69) is 123 Å². The molecule has 2 unspecified atom stereocenters. The van der Waals surface area contributed by atoms with Crippen LogP contribution in [0.2, 0.25) is 0 Å². The summed E-state index contributed by atoms with van der Waals surface area (Å²) in [5, 5.41) is 0. The third-order valence-corrected chi connectivity index (χ3v) is 19.6. The summed E-state index contributed by atoms with van der Waals surface area (Å²) in [4.78, 5) is 35.5. The van der Waals surface area contributed by atoms with Crippen molar-refractivity contribution in [3.05, 3.63) is 109 Å². The molecular formula is C89H160NO8P. The maximum atomic E-state index is 12.8. The van der Waals surface area contributed by atoms with Crippen molar-refractivity contribution >= 4 is 19.8 Å². The molecule has 0 aliphatic heterocycles. The van der Waals surface area contributed by atoms with E-state index in [1.807, 2.05) is 0 Å². The first-order valence-corrected chi connectivity index (χ1v) is 43.9. The van der Waals surface area contributed by atoms with Crippen LogP contribution in [0.25, 0.3) is 0 Å². The van der Waals surface area contributed by atoms with Gasteiger partial charge < -0.3 is 20.1 Å². The number of ether oxygens (including phenoxy) is 2. The maximum Gasteiger partial charge on any atom is 0.472 e. The van der Waals surface area contributed by atoms with Crippen LogP contribution in [0.3, 0.4) is 0 Å². The van der Waals surface area contributed by atoms with E-state index in [4.69, 9.17) is 24.3 Å². The highest BCUT2D eigenvalue weighted by Gasteiger charge is 2.26. The molecule has 0 aromatic heterocycles. The van der Waals surface area contributed by atoms with Crippen molar-refractivity contribution in [3.63, 3.8) is 0 Å². The third-order valence-electron chi connectivity index (χ3n) is 18.6. The molecule has 0 rings (SSSR count). The van der Waals surface area contributed by atoms with Gasteiger partial charge in [-0.1, -0.05) is 406 Å². The molecule has 0 saturated carbocycles. The van der Waals surface area contributed by atoms with Crippen LogP contribution in [0, 0.1) is 0 Å². The molecule has 99 heavy (non-hydrogen) atoms. The SMILES string of the molecule is CC/C=C\C/C=C\C/C=C\C/C=C\C/C=C\C/C=C\C/C=C\CCCCCCCCCCCCCCCCCCCC(=O)OC(COC(=O)CCCCCCCCCCCCCCCCCCCCCCCCCCCCC/C=C\C/C=C\CCCCCCC)COP(=O)(O)OCCN. The van der Waals surface area contributed by atoms with Gasteiger partial charge in [-0.05, 0) is 103 Å². The van der Waals surface area contributed by atoms with Crippen LogP contribution in [0.15, 0.2) is 109 Å². The van der Waals surface area contributed by atoms with Crippen LogP contribution in [-0.2, 0) is 32.7 Å². The largest absolute Gasteiger partial charge is 0.472 e. The van der Waals surface area contributed by atoms with Crippen LogP contribution in [0.5, 0.6) is 0 Å². The molecule has 0 aromatic rings. The Kier molecular flexibility index (Phi) is 80.8. The second-order valence-electron chi connectivity index (χ2n) is 28.3. The Hall–Kier alpha value is -3.33. The molecule has 9 nitrogen and oxygen atoms in total. The Labute approximate surface area is 613 Å². The standard InChI is InChI=1S/C89H160NO8P/c1-3-5-7-9-11-13-15-17-19-21-23-25-27-29-31-33-35-37-39-41-43-45-47-49-51-53-55-57-59-61-63-65-67-69-71-73-75-77-79-81-88(91)95-85-87(86-97-99(93,94)96-84-83-90)98-89(92)82-80-78-76-74-72-70-68-66-64-62-60-58-56-54-52-50-48-46-44-42-40-38-36-34-32-30-28-26-24-22-20-18-16-14-12-10-8-6-4-2/h6,8,12,14-15,17-18,20-21,23-24,26,30,32,36,38,42,44,87H,3-5,7,9-11,13,16,19,22,25,27-29,31,33-35,37,39-41,43,45-86,90H2,1-2H3,(H,93,94)/b8-6-,14-12-,17-15-,20-18-,23-21-,26-24-,32-30-,38-36-,44-42-. The van der Waals surface area contributed by atoms with Crippen LogP contribution < -0.4 is 5.73 Å². The van der Waals surface area contributed by atoms with Crippen LogP contribution in [-0.4, -0.2) is 49.3 Å². The van der Waals surface area contributed by atoms with Gasteiger partial charge in [-0.3, -0.25) is 18.6 Å². The number of carbonyl (C=O) groups excluding carboxylic acids is 2. The summed E-state index contributed by atoms with van der Waals surface area (Å²) < 4.78 is 33.3. The first kappa shape index (κ1) is 95.7. The number of hydrogen-bond acceptors (Lipinski definition) is 8. The fraction of sp³-hybridized carbons (Fsp3) is 0.775. The minimum atomic E-state index is -4.40. The summed E-state index contributed by atoms with van der Waals surface area (Å²) in [5.41, 5.74) is 5.42. The van der Waals surface area contributed by atoms with E-state index in [0.717, 1.165) is 89.9 Å². The monoisotopic (exact) mass is 1400 g/mol. The quantitative estimate of drug-likeness (QED) is 0.0264. The molecule has 0 saturated heterocycles. The van der Waals surface area contributed by atoms with Gasteiger partial charge in [-0.25, -0.2) is 4.57 Å². The minimum Gasteiger partial charge on any atom is -0.462 e. The molecule has 0 heterocycles. The summed E-state index contributed by atoms with van der Waals surface area (Å²) >= 11 is 0. The van der Waals surface area contributed by atoms with Gasteiger partial charge in [-0.2, -0.15) is 0 Å². The molecule has 0 fully saturated rings. The lowest BCUT2D eigenvalue weighted by Gasteiger charge is -2.19. The molecule has 0 bridgehead atoms. The Balaban J connectivity index is 3.77. The number of phosphoric acid groups is 1. The lowest BCUT2D eigenvalue weighted by Crippen LogP contribution is -2.29. The van der Waals surface area contributed by atoms with Crippen molar-refractivity contribution in [3.8, 4) is 0 Å². The summed E-state index contributed by atoms with van der Waals surface area (Å²) in [7, 11) is -4.40. The van der Waals surface area contributed by atoms with E-state index < -0.39 is 26.5 Å². The topological polar surface area (TPSA) is 134 Å². The van der Waals surface area contributed by atoms with Crippen molar-refractivity contribution in [2.24, 2.45) is 5.73 Å². The number of phosphoric ester groups is 1. The molecule has 0 radical (unpaired) electrons. The van der Waals surface area contributed by atoms with E-state index in [1.165, 1.54) is 289 Å². The summed E-state index contributed by atoms with van der Waals surface area (Å²) in [6, 6.07) is 0. The molecule has 0 aromatic carbocycles. The lowest BCUT2D eigenvalue weighted by molar-refractivity contribution is -0.161. The van der Waals surface area contributed by atoms with Gasteiger partial charge in [0.25, 0.3) is 0 Å². The number of allylic oxidation sites excluding steroid dienone is 18. The number of unbranched alkanes of at least 4 members (excludes halogenated alkanes) is 49. The van der Waals surface area contributed by atoms with Crippen molar-refractivity contribution in [1.29, 1.82) is 0 Å². The highest BCUT2D eigenvalue weighted by molar-refractivity contribution is 7.47. The van der Waals surface area contributed by atoms with Gasteiger partial charge in [0.05, 0.1) is 13.2 Å². The number of carbonyl (C=O) groups is 2. The van der Waals surface area contributed by atoms with E-state index in [0.29, 0.717) is 6.42 Å². The number of rotatable bonds is 80. The molecule has 10 heteroatoms. The Morgan fingerprint density at radius 3 is 0.828 bits per heavy atom. The fourth-order valence-corrected chi connectivity index (χ4v) is 13.2. The van der Waals surface area contributed by atoms with Crippen LogP contribution in [0.1, 0.15) is 412 Å². The Morgan fingerprint density at radius 2 is 0.556 bits per heavy atom. The number of nitrogens with two attached hydrogens (primary N) is 1. The van der Waals surface area contributed by atoms with Gasteiger partial charge in [0, 0.05) is 19.4 Å². The Bertz CT molecular complexity index is 2000. The minimum absolute atomic E-state index is 0.0528. The van der Waals surface area contributed by atoms with Crippen molar-refractivity contribution < 1.29 is 37.6 Å². The predicted octanol–water partition coefficient (Wildman–Crippen LogP) is 28.8. The molecule has 0 spiro atoms. The highest BCUT2D eigenvalue weighted by Crippen LogP contribution is 2.43. The average Bonchev–Trinajstić information content (AvgIpc) is 1.35. The smallest absolute Gasteiger partial charge is 0.462 e. The summed E-state index contributed by atoms with van der Waals surface area (Å²) in [6.45, 7) is 3.68. The first-order valence-electron chi connectivity index (χ1n) is 42.4. The zero-order valence-electron chi connectivity index (χ0n) is 65.0. The highest BCUT2D eigenvalue weighted by atomic mass is 31.2. The maximum absolute atomic E-state index is 12.8. The van der Waals surface area contributed by atoms with E-state index in [1.54, 1.807) is 0 Å². The van der Waals surface area contributed by atoms with Crippen molar-refractivity contribution in [2.75, 3.05) is 26.4 Å². The first-order chi connectivity index (χ1) is 48.8. The lowest BCUT2D eigenvalue weighted by atomic mass is 10.0. The average molecular weight is 1400 g/mol. The van der Waals surface area contributed by atoms with Gasteiger partial charge in [0.2, 0.25) is 0 Å². The van der Waals surface area contributed by atoms with Gasteiger partial charge >= 0.3 is 19.8 Å². The van der Waals surface area contributed by atoms with Crippen molar-refractivity contribution in [1.82, 2.24) is 0 Å². The zero-order chi connectivity index (χ0) is 71.5. The summed E-state index contributed by atoms with van der Waals surface area (Å²) in [6.07, 6.45) is 117. The predicted molar refractivity (Wildman–Crippen MR) is 431 cm³/mol. The van der Waals surface area contributed by atoms with Crippen molar-refractivity contribution in [2.45, 2.75) is 418 Å². The second kappa shape index (κ2) is 83.6. The second-order valence-corrected chi connectivity index (χ2v) is 29.8. The van der Waals surface area contributed by atoms with Gasteiger partial charge in [0.1, 0.15) is 6.61 Å². The molecule has 2 atom stereocenters. The fourth-order valence-electron chi connectivity index (χ4n) is 12.4. The molecule has 0 amide bonds. The Morgan fingerprint density at radius 1 is 0.313 bits per heavy atom. The third kappa shape index (κ3) is 83.5. The van der Waals surface area contributed by atoms with Gasteiger partial charge in [0.15, 0.2) is 6.10 Å². The molecule has 574 valence electrons. The molecule has 0 aliphatic rings. The van der Waals surface area contributed by atoms with E-state index >= 15 is 0 Å². The van der Waals surface area contributed by atoms with Crippen LogP contribution >= 0.6 is 7.82 Å². The molecular weight excluding hydrogens is 1240 g/mol. The zero-order valence-corrected chi connectivity index (χ0v) is 65.9. The molecule has 0 aliphatic carbocycles. The number of hydrogen-bond donors (Lipinski definition) is 2. The summed E-state index contributed by atoms with van der Waals surface area (Å²) in [5.74, 6) is -0.809. The number of esters is 2. The normalized spacial score (nSPS) is 13.4. The van der Waals surface area contributed by atoms with E-state index in [9.17, 15) is 19.0 Å². The van der Waals surface area contributed by atoms with E-state index in [-0.39, 0.29) is 38.6 Å². The van der Waals surface area contributed by atoms with Crippen LogP contribution in [0.4, 0.5) is 0 Å². The van der Waals surface area contributed by atoms with Gasteiger partial charge in [-0.15, -0.1) is 0 Å².